The SMILES string of the molecule is COc1cccc(CNC(=O)CCc2ncc(-c3ccccc3Cl)o2)c1OC. The van der Waals surface area contributed by atoms with E-state index in [1.165, 1.54) is 0 Å². The van der Waals surface area contributed by atoms with Gasteiger partial charge in [0.15, 0.2) is 23.1 Å². The number of carbonyl (C=O) groups excluding carboxylic acids is 1. The number of aromatic nitrogens is 1. The fourth-order valence-electron chi connectivity index (χ4n) is 2.81. The maximum Gasteiger partial charge on any atom is 0.220 e. The first kappa shape index (κ1) is 19.8. The normalized spacial score (nSPS) is 10.5. The highest BCUT2D eigenvalue weighted by molar-refractivity contribution is 6.33. The van der Waals surface area contributed by atoms with Gasteiger partial charge in [-0.15, -0.1) is 0 Å². The Morgan fingerprint density at radius 2 is 1.96 bits per heavy atom. The van der Waals surface area contributed by atoms with Crippen LogP contribution in [0.4, 0.5) is 0 Å². The second-order valence-electron chi connectivity index (χ2n) is 6.03. The van der Waals surface area contributed by atoms with Gasteiger partial charge in [0.1, 0.15) is 0 Å². The van der Waals surface area contributed by atoms with Crippen LogP contribution in [0.15, 0.2) is 53.1 Å². The Labute approximate surface area is 168 Å². The van der Waals surface area contributed by atoms with Crippen molar-refractivity contribution in [2.45, 2.75) is 19.4 Å². The number of benzene rings is 2. The molecule has 1 N–H and O–H groups in total. The van der Waals surface area contributed by atoms with E-state index in [1.54, 1.807) is 26.5 Å². The van der Waals surface area contributed by atoms with E-state index in [0.717, 1.165) is 11.1 Å². The Bertz CT molecular complexity index is 955. The van der Waals surface area contributed by atoms with Crippen LogP contribution in [0.3, 0.4) is 0 Å². The quantitative estimate of drug-likeness (QED) is 0.611. The highest BCUT2D eigenvalue weighted by Crippen LogP contribution is 2.30. The summed E-state index contributed by atoms with van der Waals surface area (Å²) in [6, 6.07) is 12.9. The van der Waals surface area contributed by atoms with Crippen molar-refractivity contribution in [1.29, 1.82) is 0 Å². The van der Waals surface area contributed by atoms with Crippen molar-refractivity contribution >= 4 is 17.5 Å². The molecular weight excluding hydrogens is 380 g/mol. The summed E-state index contributed by atoms with van der Waals surface area (Å²) in [6.45, 7) is 0.343. The molecular formula is C21H21ClN2O4. The Hall–Kier alpha value is -2.99. The number of hydrogen-bond acceptors (Lipinski definition) is 5. The Morgan fingerprint density at radius 1 is 1.14 bits per heavy atom. The van der Waals surface area contributed by atoms with Gasteiger partial charge in [0, 0.05) is 30.5 Å². The average molecular weight is 401 g/mol. The van der Waals surface area contributed by atoms with Crippen LogP contribution in [-0.2, 0) is 17.8 Å². The molecule has 0 aliphatic carbocycles. The first-order valence-corrected chi connectivity index (χ1v) is 9.16. The van der Waals surface area contributed by atoms with Crippen LogP contribution >= 0.6 is 11.6 Å². The first-order chi connectivity index (χ1) is 13.6. The van der Waals surface area contributed by atoms with E-state index in [2.05, 4.69) is 10.3 Å². The molecule has 3 aromatic rings. The van der Waals surface area contributed by atoms with Crippen molar-refractivity contribution in [3.05, 3.63) is 65.1 Å². The van der Waals surface area contributed by atoms with Gasteiger partial charge in [0.25, 0.3) is 0 Å². The van der Waals surface area contributed by atoms with Gasteiger partial charge in [-0.25, -0.2) is 4.98 Å². The molecule has 0 saturated heterocycles. The van der Waals surface area contributed by atoms with E-state index in [4.69, 9.17) is 25.5 Å². The largest absolute Gasteiger partial charge is 0.493 e. The number of para-hydroxylation sites is 1. The minimum atomic E-state index is -0.109. The van der Waals surface area contributed by atoms with Crippen LogP contribution in [0.25, 0.3) is 11.3 Å². The third kappa shape index (κ3) is 4.64. The van der Waals surface area contributed by atoms with E-state index in [-0.39, 0.29) is 12.3 Å². The second kappa shape index (κ2) is 9.28. The van der Waals surface area contributed by atoms with Crippen molar-refractivity contribution < 1.29 is 18.7 Å². The van der Waals surface area contributed by atoms with Crippen molar-refractivity contribution in [1.82, 2.24) is 10.3 Å². The monoisotopic (exact) mass is 400 g/mol. The van der Waals surface area contributed by atoms with Gasteiger partial charge in [-0.2, -0.15) is 0 Å². The number of methoxy groups -OCH3 is 2. The molecule has 3 rings (SSSR count). The molecule has 1 heterocycles. The molecule has 0 radical (unpaired) electrons. The summed E-state index contributed by atoms with van der Waals surface area (Å²) in [5.41, 5.74) is 1.62. The molecule has 2 aromatic carbocycles. The summed E-state index contributed by atoms with van der Waals surface area (Å²) >= 11 is 6.17. The zero-order valence-electron chi connectivity index (χ0n) is 15.7. The number of hydrogen-bond donors (Lipinski definition) is 1. The fraction of sp³-hybridized carbons (Fsp3) is 0.238. The Morgan fingerprint density at radius 3 is 2.71 bits per heavy atom. The van der Waals surface area contributed by atoms with E-state index in [9.17, 15) is 4.79 Å². The predicted molar refractivity (Wildman–Crippen MR) is 107 cm³/mol. The molecule has 0 saturated carbocycles. The van der Waals surface area contributed by atoms with Gasteiger partial charge >= 0.3 is 0 Å². The molecule has 28 heavy (non-hydrogen) atoms. The number of rotatable bonds is 8. The van der Waals surface area contributed by atoms with Gasteiger partial charge in [-0.3, -0.25) is 4.79 Å². The molecule has 0 aliphatic rings. The van der Waals surface area contributed by atoms with Crippen molar-refractivity contribution in [2.24, 2.45) is 0 Å². The van der Waals surface area contributed by atoms with Crippen LogP contribution in [0, 0.1) is 0 Å². The van der Waals surface area contributed by atoms with Crippen LogP contribution in [0.1, 0.15) is 17.9 Å². The number of amides is 1. The number of oxazole rings is 1. The lowest BCUT2D eigenvalue weighted by Crippen LogP contribution is -2.23. The lowest BCUT2D eigenvalue weighted by molar-refractivity contribution is -0.121. The first-order valence-electron chi connectivity index (χ1n) is 8.78. The predicted octanol–water partition coefficient (Wildman–Crippen LogP) is 4.26. The number of ether oxygens (including phenoxy) is 2. The molecule has 1 amide bonds. The van der Waals surface area contributed by atoms with Crippen LogP contribution in [-0.4, -0.2) is 25.1 Å². The van der Waals surface area contributed by atoms with Crippen LogP contribution in [0.2, 0.25) is 5.02 Å². The van der Waals surface area contributed by atoms with E-state index >= 15 is 0 Å². The minimum absolute atomic E-state index is 0.109. The number of carbonyl (C=O) groups is 1. The van der Waals surface area contributed by atoms with E-state index in [1.807, 2.05) is 36.4 Å². The van der Waals surface area contributed by atoms with Crippen molar-refractivity contribution in [3.8, 4) is 22.8 Å². The number of nitrogens with zero attached hydrogens (tertiary/aromatic N) is 1. The summed E-state index contributed by atoms with van der Waals surface area (Å²) in [4.78, 5) is 16.4. The number of nitrogens with one attached hydrogen (secondary N) is 1. The van der Waals surface area contributed by atoms with Gasteiger partial charge in [-0.05, 0) is 18.2 Å². The third-order valence-electron chi connectivity index (χ3n) is 4.22. The third-order valence-corrected chi connectivity index (χ3v) is 4.55. The molecule has 0 fully saturated rings. The van der Waals surface area contributed by atoms with E-state index in [0.29, 0.717) is 41.1 Å². The molecule has 0 bridgehead atoms. The lowest BCUT2D eigenvalue weighted by atomic mass is 10.1. The summed E-state index contributed by atoms with van der Waals surface area (Å²) in [7, 11) is 3.15. The number of halogens is 1. The highest BCUT2D eigenvalue weighted by atomic mass is 35.5. The molecule has 6 nitrogen and oxygen atoms in total. The Balaban J connectivity index is 1.55. The minimum Gasteiger partial charge on any atom is -0.493 e. The average Bonchev–Trinajstić information content (AvgIpc) is 3.19. The smallest absolute Gasteiger partial charge is 0.220 e. The molecule has 0 unspecified atom stereocenters. The Kier molecular flexibility index (Phi) is 6.55. The van der Waals surface area contributed by atoms with Crippen molar-refractivity contribution in [2.75, 3.05) is 14.2 Å². The molecule has 1 aromatic heterocycles. The summed E-state index contributed by atoms with van der Waals surface area (Å²) < 4.78 is 16.4. The second-order valence-corrected chi connectivity index (χ2v) is 6.43. The lowest BCUT2D eigenvalue weighted by Gasteiger charge is -2.13. The van der Waals surface area contributed by atoms with E-state index < -0.39 is 0 Å². The van der Waals surface area contributed by atoms with Crippen LogP contribution in [0.5, 0.6) is 11.5 Å². The summed E-state index contributed by atoms with van der Waals surface area (Å²) in [5.74, 6) is 2.21. The zero-order chi connectivity index (χ0) is 19.9. The maximum absolute atomic E-state index is 12.2. The summed E-state index contributed by atoms with van der Waals surface area (Å²) in [6.07, 6.45) is 2.27. The maximum atomic E-state index is 12.2. The molecule has 0 aliphatic heterocycles. The van der Waals surface area contributed by atoms with Crippen LogP contribution < -0.4 is 14.8 Å². The fourth-order valence-corrected chi connectivity index (χ4v) is 3.04. The molecule has 146 valence electrons. The van der Waals surface area contributed by atoms with Gasteiger partial charge in [-0.1, -0.05) is 35.9 Å². The molecule has 7 heteroatoms. The van der Waals surface area contributed by atoms with Gasteiger partial charge in [0.05, 0.1) is 25.4 Å². The topological polar surface area (TPSA) is 73.6 Å². The van der Waals surface area contributed by atoms with Crippen molar-refractivity contribution in [3.63, 3.8) is 0 Å². The standard InChI is InChI=1S/C21H21ClN2O4/c1-26-17-9-5-6-14(21(17)27-2)12-23-19(25)10-11-20-24-13-18(28-20)15-7-3-4-8-16(15)22/h3-9,13H,10-12H2,1-2H3,(H,23,25). The molecule has 0 spiro atoms. The van der Waals surface area contributed by atoms with Gasteiger partial charge < -0.3 is 19.2 Å². The number of aryl methyl sites for hydroxylation is 1. The summed E-state index contributed by atoms with van der Waals surface area (Å²) in [5, 5.41) is 3.47. The highest BCUT2D eigenvalue weighted by Gasteiger charge is 2.13. The zero-order valence-corrected chi connectivity index (χ0v) is 16.5. The molecule has 0 atom stereocenters. The van der Waals surface area contributed by atoms with Gasteiger partial charge in [0.2, 0.25) is 5.91 Å².